The van der Waals surface area contributed by atoms with Crippen molar-refractivity contribution in [3.8, 4) is 5.75 Å². The Hall–Kier alpha value is -1.81. The highest BCUT2D eigenvalue weighted by Gasteiger charge is 2.12. The van der Waals surface area contributed by atoms with Gasteiger partial charge < -0.3 is 10.1 Å². The molecule has 0 aromatic heterocycles. The van der Waals surface area contributed by atoms with Crippen molar-refractivity contribution >= 4 is 21.8 Å². The van der Waals surface area contributed by atoms with Crippen molar-refractivity contribution in [2.24, 2.45) is 0 Å². The Bertz CT molecular complexity index is 628. The van der Waals surface area contributed by atoms with Gasteiger partial charge in [-0.2, -0.15) is 0 Å². The molecule has 0 saturated carbocycles. The molecule has 2 rings (SSSR count). The van der Waals surface area contributed by atoms with Gasteiger partial charge in [-0.05, 0) is 30.7 Å². The molecule has 0 radical (unpaired) electrons. The first kappa shape index (κ1) is 15.6. The van der Waals surface area contributed by atoms with Crippen molar-refractivity contribution in [1.29, 1.82) is 0 Å². The molecule has 2 aromatic rings. The maximum atomic E-state index is 12.2. The molecular formula is C17H18BrNO2. The fourth-order valence-corrected chi connectivity index (χ4v) is 2.59. The predicted octanol–water partition coefficient (Wildman–Crippen LogP) is 3.88. The summed E-state index contributed by atoms with van der Waals surface area (Å²) in [5.41, 5.74) is 1.96. The Morgan fingerprint density at radius 1 is 1.24 bits per heavy atom. The van der Waals surface area contributed by atoms with Crippen molar-refractivity contribution < 1.29 is 9.53 Å². The lowest BCUT2D eigenvalue weighted by Crippen LogP contribution is -2.28. The monoisotopic (exact) mass is 347 g/mol. The molecule has 0 bridgehead atoms. The number of carbonyl (C=O) groups is 1. The number of hydrogen-bond donors (Lipinski definition) is 1. The molecule has 110 valence electrons. The number of hydrogen-bond acceptors (Lipinski definition) is 2. The van der Waals surface area contributed by atoms with E-state index >= 15 is 0 Å². The Morgan fingerprint density at radius 2 is 2.00 bits per heavy atom. The molecule has 0 aliphatic heterocycles. The molecular weight excluding hydrogens is 330 g/mol. The van der Waals surface area contributed by atoms with Crippen LogP contribution in [-0.2, 0) is 11.2 Å². The van der Waals surface area contributed by atoms with E-state index in [1.165, 1.54) is 0 Å². The lowest BCUT2D eigenvalue weighted by molar-refractivity contribution is -0.121. The van der Waals surface area contributed by atoms with Crippen LogP contribution in [0.4, 0.5) is 0 Å². The highest BCUT2D eigenvalue weighted by Crippen LogP contribution is 2.20. The van der Waals surface area contributed by atoms with Gasteiger partial charge in [0.2, 0.25) is 5.91 Å². The van der Waals surface area contributed by atoms with Crippen molar-refractivity contribution in [2.75, 3.05) is 7.11 Å². The van der Waals surface area contributed by atoms with E-state index in [2.05, 4.69) is 21.2 Å². The molecule has 1 unspecified atom stereocenters. The molecule has 2 aromatic carbocycles. The smallest absolute Gasteiger partial charge is 0.225 e. The second kappa shape index (κ2) is 7.27. The summed E-state index contributed by atoms with van der Waals surface area (Å²) in [5, 5.41) is 3.01. The number of amides is 1. The first-order chi connectivity index (χ1) is 10.1. The molecule has 1 N–H and O–H groups in total. The molecule has 21 heavy (non-hydrogen) atoms. The summed E-state index contributed by atoms with van der Waals surface area (Å²) in [6.45, 7) is 1.97. The summed E-state index contributed by atoms with van der Waals surface area (Å²) in [7, 11) is 1.61. The van der Waals surface area contributed by atoms with Gasteiger partial charge in [0.1, 0.15) is 5.75 Å². The lowest BCUT2D eigenvalue weighted by atomic mass is 10.1. The minimum absolute atomic E-state index is 0.0213. The van der Waals surface area contributed by atoms with Crippen LogP contribution in [0.3, 0.4) is 0 Å². The number of halogens is 1. The number of methoxy groups -OCH3 is 1. The van der Waals surface area contributed by atoms with Crippen molar-refractivity contribution in [2.45, 2.75) is 19.4 Å². The number of para-hydroxylation sites is 1. The lowest BCUT2D eigenvalue weighted by Gasteiger charge is -2.15. The van der Waals surface area contributed by atoms with Crippen LogP contribution in [0.5, 0.6) is 5.75 Å². The van der Waals surface area contributed by atoms with Crippen LogP contribution in [0, 0.1) is 0 Å². The minimum Gasteiger partial charge on any atom is -0.496 e. The summed E-state index contributed by atoms with van der Waals surface area (Å²) in [6.07, 6.45) is 0.308. The van der Waals surface area contributed by atoms with E-state index < -0.39 is 0 Å². The van der Waals surface area contributed by atoms with E-state index in [4.69, 9.17) is 4.74 Å². The number of nitrogens with one attached hydrogen (secondary N) is 1. The van der Waals surface area contributed by atoms with Gasteiger partial charge in [0, 0.05) is 10.0 Å². The van der Waals surface area contributed by atoms with Crippen LogP contribution in [0.15, 0.2) is 53.0 Å². The van der Waals surface area contributed by atoms with Gasteiger partial charge in [0.15, 0.2) is 0 Å². The predicted molar refractivity (Wildman–Crippen MR) is 87.4 cm³/mol. The van der Waals surface area contributed by atoms with Gasteiger partial charge in [-0.15, -0.1) is 0 Å². The van der Waals surface area contributed by atoms with E-state index in [1.54, 1.807) is 7.11 Å². The third-order valence-corrected chi connectivity index (χ3v) is 3.76. The summed E-state index contributed by atoms with van der Waals surface area (Å²) < 4.78 is 6.27. The highest BCUT2D eigenvalue weighted by molar-refractivity contribution is 9.10. The number of benzene rings is 2. The van der Waals surface area contributed by atoms with Gasteiger partial charge in [-0.1, -0.05) is 46.3 Å². The molecule has 0 spiro atoms. The number of carbonyl (C=O) groups excluding carboxylic acids is 1. The average Bonchev–Trinajstić information content (AvgIpc) is 2.47. The Balaban J connectivity index is 2.01. The van der Waals surface area contributed by atoms with Gasteiger partial charge in [0.25, 0.3) is 0 Å². The van der Waals surface area contributed by atoms with Crippen LogP contribution in [0.1, 0.15) is 24.1 Å². The van der Waals surface area contributed by atoms with E-state index in [0.717, 1.165) is 21.3 Å². The van der Waals surface area contributed by atoms with E-state index in [9.17, 15) is 4.79 Å². The van der Waals surface area contributed by atoms with Gasteiger partial charge in [-0.25, -0.2) is 0 Å². The Morgan fingerprint density at radius 3 is 2.71 bits per heavy atom. The van der Waals surface area contributed by atoms with Gasteiger partial charge >= 0.3 is 0 Å². The summed E-state index contributed by atoms with van der Waals surface area (Å²) >= 11 is 3.44. The first-order valence-corrected chi connectivity index (χ1v) is 7.56. The molecule has 0 fully saturated rings. The average molecular weight is 348 g/mol. The molecule has 0 aliphatic rings. The summed E-state index contributed by atoms with van der Waals surface area (Å²) in [6, 6.07) is 15.5. The zero-order valence-corrected chi connectivity index (χ0v) is 13.7. The van der Waals surface area contributed by atoms with Crippen molar-refractivity contribution in [1.82, 2.24) is 5.32 Å². The van der Waals surface area contributed by atoms with Crippen LogP contribution in [0.2, 0.25) is 0 Å². The zero-order chi connectivity index (χ0) is 15.2. The maximum Gasteiger partial charge on any atom is 0.225 e. The van der Waals surface area contributed by atoms with Crippen molar-refractivity contribution in [3.05, 3.63) is 64.1 Å². The molecule has 1 atom stereocenters. The molecule has 0 heterocycles. The standard InChI is InChI=1S/C17H18BrNO2/c1-12(13-7-5-8-15(18)10-13)19-17(20)11-14-6-3-4-9-16(14)21-2/h3-10,12H,11H2,1-2H3,(H,19,20). The fraction of sp³-hybridized carbons (Fsp3) is 0.235. The second-order valence-corrected chi connectivity index (χ2v) is 5.75. The van der Waals surface area contributed by atoms with Crippen molar-refractivity contribution in [3.63, 3.8) is 0 Å². The van der Waals surface area contributed by atoms with Crippen LogP contribution < -0.4 is 10.1 Å². The molecule has 4 heteroatoms. The summed E-state index contributed by atoms with van der Waals surface area (Å²) in [5.74, 6) is 0.717. The van der Waals surface area contributed by atoms with E-state index in [0.29, 0.717) is 6.42 Å². The Kier molecular flexibility index (Phi) is 5.39. The van der Waals surface area contributed by atoms with Crippen LogP contribution in [0.25, 0.3) is 0 Å². The van der Waals surface area contributed by atoms with E-state index in [-0.39, 0.29) is 11.9 Å². The zero-order valence-electron chi connectivity index (χ0n) is 12.1. The number of rotatable bonds is 5. The fourth-order valence-electron chi connectivity index (χ4n) is 2.17. The molecule has 3 nitrogen and oxygen atoms in total. The maximum absolute atomic E-state index is 12.2. The number of ether oxygens (including phenoxy) is 1. The highest BCUT2D eigenvalue weighted by atomic mass is 79.9. The molecule has 1 amide bonds. The van der Waals surface area contributed by atoms with Crippen LogP contribution in [-0.4, -0.2) is 13.0 Å². The molecule has 0 aliphatic carbocycles. The topological polar surface area (TPSA) is 38.3 Å². The quantitative estimate of drug-likeness (QED) is 0.891. The third kappa shape index (κ3) is 4.33. The Labute approximate surface area is 133 Å². The second-order valence-electron chi connectivity index (χ2n) is 4.83. The SMILES string of the molecule is COc1ccccc1CC(=O)NC(C)c1cccc(Br)c1. The minimum atomic E-state index is -0.0373. The first-order valence-electron chi connectivity index (χ1n) is 6.77. The third-order valence-electron chi connectivity index (χ3n) is 3.27. The van der Waals surface area contributed by atoms with E-state index in [1.807, 2.05) is 55.5 Å². The summed E-state index contributed by atoms with van der Waals surface area (Å²) in [4.78, 5) is 12.2. The van der Waals surface area contributed by atoms with Gasteiger partial charge in [-0.3, -0.25) is 4.79 Å². The molecule has 0 saturated heterocycles. The van der Waals surface area contributed by atoms with Crippen LogP contribution >= 0.6 is 15.9 Å². The van der Waals surface area contributed by atoms with Gasteiger partial charge in [0.05, 0.1) is 19.6 Å². The normalized spacial score (nSPS) is 11.8. The largest absolute Gasteiger partial charge is 0.496 e.